The molecule has 19 heavy (non-hydrogen) atoms. The van der Waals surface area contributed by atoms with Crippen molar-refractivity contribution in [2.75, 3.05) is 0 Å². The van der Waals surface area contributed by atoms with Crippen LogP contribution in [0.2, 0.25) is 0 Å². The summed E-state index contributed by atoms with van der Waals surface area (Å²) < 4.78 is 1.91. The Balaban J connectivity index is 2.63. The van der Waals surface area contributed by atoms with Crippen LogP contribution in [-0.4, -0.2) is 20.0 Å². The summed E-state index contributed by atoms with van der Waals surface area (Å²) in [5.74, 6) is 0.767. The maximum Gasteiger partial charge on any atom is 0.175 e. The number of nitrogens with zero attached hydrogens (tertiary/aromatic N) is 4. The van der Waals surface area contributed by atoms with E-state index in [4.69, 9.17) is 5.10 Å². The predicted octanol–water partition coefficient (Wildman–Crippen LogP) is 3.26. The zero-order chi connectivity index (χ0) is 14.3. The molecular formula is C15H22N4. The lowest BCUT2D eigenvalue weighted by molar-refractivity contribution is 0.532. The van der Waals surface area contributed by atoms with Crippen LogP contribution in [0.25, 0.3) is 5.82 Å². The van der Waals surface area contributed by atoms with Crippen molar-refractivity contribution < 1.29 is 0 Å². The van der Waals surface area contributed by atoms with Gasteiger partial charge in [-0.15, -0.1) is 5.10 Å². The highest BCUT2D eigenvalue weighted by Gasteiger charge is 2.26. The lowest BCUT2D eigenvalue weighted by Gasteiger charge is -2.19. The normalized spacial score (nSPS) is 12.7. The van der Waals surface area contributed by atoms with E-state index in [1.807, 2.05) is 16.8 Å². The van der Waals surface area contributed by atoms with E-state index >= 15 is 0 Å². The van der Waals surface area contributed by atoms with E-state index in [2.05, 4.69) is 57.8 Å². The summed E-state index contributed by atoms with van der Waals surface area (Å²) in [4.78, 5) is 0. The van der Waals surface area contributed by atoms with Gasteiger partial charge in [0, 0.05) is 17.0 Å². The molecule has 0 bridgehead atoms. The highest BCUT2D eigenvalue weighted by molar-refractivity contribution is 5.30. The highest BCUT2D eigenvalue weighted by atomic mass is 15.4. The van der Waals surface area contributed by atoms with E-state index in [-0.39, 0.29) is 10.8 Å². The molecule has 0 fully saturated rings. The third-order valence-corrected chi connectivity index (χ3v) is 3.02. The van der Waals surface area contributed by atoms with Crippen LogP contribution in [0.5, 0.6) is 0 Å². The Labute approximate surface area is 114 Å². The lowest BCUT2D eigenvalue weighted by Crippen LogP contribution is -2.18. The first-order chi connectivity index (χ1) is 8.69. The summed E-state index contributed by atoms with van der Waals surface area (Å²) in [6.45, 7) is 13.1. The first-order valence-corrected chi connectivity index (χ1v) is 6.59. The van der Waals surface area contributed by atoms with Crippen LogP contribution >= 0.6 is 0 Å². The average Bonchev–Trinajstić information content (AvgIpc) is 2.74. The van der Waals surface area contributed by atoms with Gasteiger partial charge < -0.3 is 0 Å². The van der Waals surface area contributed by atoms with Crippen molar-refractivity contribution >= 4 is 0 Å². The average molecular weight is 258 g/mol. The van der Waals surface area contributed by atoms with Crippen LogP contribution in [0.1, 0.15) is 52.9 Å². The Morgan fingerprint density at radius 3 is 2.16 bits per heavy atom. The summed E-state index contributed by atoms with van der Waals surface area (Å²) in [7, 11) is 0. The fourth-order valence-electron chi connectivity index (χ4n) is 1.86. The minimum absolute atomic E-state index is 0.00796. The van der Waals surface area contributed by atoms with Gasteiger partial charge in [0.15, 0.2) is 5.82 Å². The van der Waals surface area contributed by atoms with Gasteiger partial charge in [-0.2, -0.15) is 10.2 Å². The van der Waals surface area contributed by atoms with Crippen molar-refractivity contribution in [3.63, 3.8) is 0 Å². The zero-order valence-electron chi connectivity index (χ0n) is 12.6. The molecule has 102 valence electrons. The minimum Gasteiger partial charge on any atom is -0.217 e. The first kappa shape index (κ1) is 13.7. The summed E-state index contributed by atoms with van der Waals surface area (Å²) in [6, 6.07) is 5.99. The maximum absolute atomic E-state index is 4.73. The number of hydrogen-bond donors (Lipinski definition) is 0. The van der Waals surface area contributed by atoms with Crippen molar-refractivity contribution in [3.05, 3.63) is 35.8 Å². The molecule has 0 aliphatic heterocycles. The molecule has 0 saturated carbocycles. The lowest BCUT2D eigenvalue weighted by atomic mass is 9.88. The van der Waals surface area contributed by atoms with Crippen molar-refractivity contribution in [3.8, 4) is 5.82 Å². The van der Waals surface area contributed by atoms with Gasteiger partial charge in [-0.05, 0) is 18.2 Å². The van der Waals surface area contributed by atoms with Crippen LogP contribution < -0.4 is 0 Å². The fourth-order valence-corrected chi connectivity index (χ4v) is 1.86. The molecule has 0 saturated heterocycles. The van der Waals surface area contributed by atoms with Gasteiger partial charge in [0.2, 0.25) is 0 Å². The number of rotatable bonds is 1. The summed E-state index contributed by atoms with van der Waals surface area (Å²) in [6.07, 6.45) is 1.68. The monoisotopic (exact) mass is 258 g/mol. The second kappa shape index (κ2) is 4.44. The summed E-state index contributed by atoms with van der Waals surface area (Å²) in [5, 5.41) is 12.8. The minimum atomic E-state index is 0.00796. The van der Waals surface area contributed by atoms with Crippen LogP contribution in [0.4, 0.5) is 0 Å². The molecule has 4 nitrogen and oxygen atoms in total. The van der Waals surface area contributed by atoms with Gasteiger partial charge in [-0.3, -0.25) is 0 Å². The van der Waals surface area contributed by atoms with Gasteiger partial charge in [0.05, 0.1) is 11.4 Å². The summed E-state index contributed by atoms with van der Waals surface area (Å²) >= 11 is 0. The van der Waals surface area contributed by atoms with Crippen molar-refractivity contribution in [1.82, 2.24) is 20.0 Å². The smallest absolute Gasteiger partial charge is 0.175 e. The van der Waals surface area contributed by atoms with E-state index in [1.54, 1.807) is 6.20 Å². The predicted molar refractivity (Wildman–Crippen MR) is 76.6 cm³/mol. The molecule has 0 aliphatic carbocycles. The van der Waals surface area contributed by atoms with E-state index in [0.717, 1.165) is 17.2 Å². The molecule has 2 heterocycles. The Kier molecular flexibility index (Phi) is 3.20. The van der Waals surface area contributed by atoms with Gasteiger partial charge in [-0.1, -0.05) is 41.5 Å². The van der Waals surface area contributed by atoms with Gasteiger partial charge in [0.25, 0.3) is 0 Å². The zero-order valence-corrected chi connectivity index (χ0v) is 12.6. The Bertz CT molecular complexity index is 556. The molecule has 0 aliphatic rings. The SMILES string of the molecule is CC(C)(C)c1cc(C(C)(C)C)n(-c2cccnn2)n1. The van der Waals surface area contributed by atoms with E-state index in [0.29, 0.717) is 0 Å². The van der Waals surface area contributed by atoms with Crippen LogP contribution in [0.3, 0.4) is 0 Å². The quantitative estimate of drug-likeness (QED) is 0.788. The molecular weight excluding hydrogens is 236 g/mol. The van der Waals surface area contributed by atoms with E-state index in [9.17, 15) is 0 Å². The first-order valence-electron chi connectivity index (χ1n) is 6.59. The third-order valence-electron chi connectivity index (χ3n) is 3.02. The van der Waals surface area contributed by atoms with E-state index < -0.39 is 0 Å². The Hall–Kier alpha value is -1.71. The molecule has 0 amide bonds. The standard InChI is InChI=1S/C15H22N4/c1-14(2,3)11-10-12(15(4,5)6)19(18-11)13-8-7-9-16-17-13/h7-10H,1-6H3. The molecule has 0 radical (unpaired) electrons. The van der Waals surface area contributed by atoms with Gasteiger partial charge in [-0.25, -0.2) is 4.68 Å². The molecule has 0 atom stereocenters. The molecule has 0 aromatic carbocycles. The van der Waals surface area contributed by atoms with E-state index in [1.165, 1.54) is 0 Å². The molecule has 2 rings (SSSR count). The van der Waals surface area contributed by atoms with Crippen molar-refractivity contribution in [2.24, 2.45) is 0 Å². The van der Waals surface area contributed by atoms with Gasteiger partial charge >= 0.3 is 0 Å². The van der Waals surface area contributed by atoms with Crippen molar-refractivity contribution in [1.29, 1.82) is 0 Å². The Morgan fingerprint density at radius 2 is 1.68 bits per heavy atom. The molecule has 0 spiro atoms. The van der Waals surface area contributed by atoms with Crippen LogP contribution in [0.15, 0.2) is 24.4 Å². The van der Waals surface area contributed by atoms with Gasteiger partial charge in [0.1, 0.15) is 0 Å². The molecule has 0 unspecified atom stereocenters. The molecule has 0 N–H and O–H groups in total. The molecule has 4 heteroatoms. The second-order valence-corrected chi connectivity index (χ2v) is 6.91. The molecule has 2 aromatic heterocycles. The maximum atomic E-state index is 4.73. The molecule has 2 aromatic rings. The Morgan fingerprint density at radius 1 is 1.00 bits per heavy atom. The summed E-state index contributed by atoms with van der Waals surface area (Å²) in [5.41, 5.74) is 2.25. The highest BCUT2D eigenvalue weighted by Crippen LogP contribution is 2.29. The largest absolute Gasteiger partial charge is 0.217 e. The number of hydrogen-bond acceptors (Lipinski definition) is 3. The van der Waals surface area contributed by atoms with Crippen LogP contribution in [0, 0.1) is 0 Å². The fraction of sp³-hybridized carbons (Fsp3) is 0.533. The topological polar surface area (TPSA) is 43.6 Å². The van der Waals surface area contributed by atoms with Crippen molar-refractivity contribution in [2.45, 2.75) is 52.4 Å². The third kappa shape index (κ3) is 2.83. The number of aromatic nitrogens is 4. The van der Waals surface area contributed by atoms with Crippen LogP contribution in [-0.2, 0) is 10.8 Å². The second-order valence-electron chi connectivity index (χ2n) is 6.91.